The number of unbranched alkanes of at least 4 members (excludes halogenated alkanes) is 32. The normalized spacial score (nSPS) is 12.9. The van der Waals surface area contributed by atoms with E-state index in [0.29, 0.717) is 12.8 Å². The lowest BCUT2D eigenvalue weighted by Crippen LogP contribution is -2.30. The van der Waals surface area contributed by atoms with Gasteiger partial charge in [0.05, 0.1) is 0 Å². The van der Waals surface area contributed by atoms with Gasteiger partial charge in [0.15, 0.2) is 6.10 Å². The molecule has 0 N–H and O–H groups in total. The smallest absolute Gasteiger partial charge is 0.306 e. The predicted molar refractivity (Wildman–Crippen MR) is 362 cm³/mol. The van der Waals surface area contributed by atoms with Crippen LogP contribution in [0.1, 0.15) is 329 Å². The highest BCUT2D eigenvalue weighted by Gasteiger charge is 2.19. The molecule has 83 heavy (non-hydrogen) atoms. The Morgan fingerprint density at radius 2 is 0.470 bits per heavy atom. The lowest BCUT2D eigenvalue weighted by atomic mass is 10.0. The van der Waals surface area contributed by atoms with Crippen molar-refractivity contribution in [3.05, 3.63) is 122 Å². The molecule has 0 heterocycles. The van der Waals surface area contributed by atoms with Gasteiger partial charge in [-0.15, -0.1) is 0 Å². The Kier molecular flexibility index (Phi) is 66.7. The molecular weight excluding hydrogens is 1020 g/mol. The van der Waals surface area contributed by atoms with Crippen LogP contribution in [-0.4, -0.2) is 37.2 Å². The maximum atomic E-state index is 12.9. The standard InChI is InChI=1S/C77H130O6/c1-4-7-10-13-16-19-22-25-27-29-31-33-35-36-37-38-39-40-42-43-45-47-49-52-55-58-61-64-67-70-76(79)82-73-74(72-81-75(78)69-66-63-60-57-54-51-24-21-18-15-12-9-6-3)83-77(80)71-68-65-62-59-56-53-50-48-46-44-41-34-32-30-28-26-23-20-17-14-11-8-5-2/h8-9,11-12,17-18,20-21,26,28-29,31-32,34,44,46,50-51,53-54,74H,4-7,10,13-16,19,22-25,27,30,33,35-43,45,47-49,52,55-73H2,1-3H3/b11-8-,12-9-,20-17-,21-18-,28-26-,31-29-,34-32-,46-44-,53-50-,54-51-. The molecule has 0 aliphatic rings. The molecule has 6 nitrogen and oxygen atoms in total. The number of carbonyl (C=O) groups excluding carboxylic acids is 3. The summed E-state index contributed by atoms with van der Waals surface area (Å²) >= 11 is 0. The maximum Gasteiger partial charge on any atom is 0.306 e. The molecule has 0 spiro atoms. The van der Waals surface area contributed by atoms with E-state index in [0.717, 1.165) is 135 Å². The van der Waals surface area contributed by atoms with Gasteiger partial charge in [-0.3, -0.25) is 14.4 Å². The van der Waals surface area contributed by atoms with Crippen molar-refractivity contribution in [2.45, 2.75) is 335 Å². The summed E-state index contributed by atoms with van der Waals surface area (Å²) in [4.78, 5) is 38.4. The second-order valence-electron chi connectivity index (χ2n) is 23.0. The monoisotopic (exact) mass is 1150 g/mol. The molecule has 0 aliphatic carbocycles. The highest BCUT2D eigenvalue weighted by molar-refractivity contribution is 5.71. The Morgan fingerprint density at radius 3 is 0.759 bits per heavy atom. The minimum absolute atomic E-state index is 0.0987. The highest BCUT2D eigenvalue weighted by atomic mass is 16.6. The van der Waals surface area contributed by atoms with Gasteiger partial charge in [-0.05, 0) is 128 Å². The summed E-state index contributed by atoms with van der Waals surface area (Å²) in [5.74, 6) is -0.946. The van der Waals surface area contributed by atoms with Crippen LogP contribution in [-0.2, 0) is 28.6 Å². The second kappa shape index (κ2) is 70.3. The van der Waals surface area contributed by atoms with Crippen molar-refractivity contribution < 1.29 is 28.6 Å². The van der Waals surface area contributed by atoms with Crippen LogP contribution in [0.2, 0.25) is 0 Å². The van der Waals surface area contributed by atoms with Crippen molar-refractivity contribution in [1.82, 2.24) is 0 Å². The van der Waals surface area contributed by atoms with Crippen LogP contribution < -0.4 is 0 Å². The van der Waals surface area contributed by atoms with Crippen molar-refractivity contribution in [3.8, 4) is 0 Å². The molecule has 0 saturated heterocycles. The van der Waals surface area contributed by atoms with E-state index >= 15 is 0 Å². The maximum absolute atomic E-state index is 12.9. The summed E-state index contributed by atoms with van der Waals surface area (Å²) in [6.45, 7) is 6.39. The Hall–Kier alpha value is -4.19. The number of hydrogen-bond donors (Lipinski definition) is 0. The zero-order valence-electron chi connectivity index (χ0n) is 54.4. The largest absolute Gasteiger partial charge is 0.462 e. The van der Waals surface area contributed by atoms with Crippen LogP contribution in [0.3, 0.4) is 0 Å². The first-order chi connectivity index (χ1) is 41.0. The lowest BCUT2D eigenvalue weighted by Gasteiger charge is -2.18. The molecule has 0 radical (unpaired) electrons. The van der Waals surface area contributed by atoms with Gasteiger partial charge < -0.3 is 14.2 Å². The third kappa shape index (κ3) is 68.5. The average Bonchev–Trinajstić information content (AvgIpc) is 3.49. The molecule has 0 rings (SSSR count). The number of ether oxygens (including phenoxy) is 3. The van der Waals surface area contributed by atoms with Gasteiger partial charge in [0.1, 0.15) is 13.2 Å². The zero-order chi connectivity index (χ0) is 59.9. The lowest BCUT2D eigenvalue weighted by molar-refractivity contribution is -0.167. The fraction of sp³-hybridized carbons (Fsp3) is 0.701. The summed E-state index contributed by atoms with van der Waals surface area (Å²) in [5.41, 5.74) is 0. The molecule has 1 atom stereocenters. The molecule has 1 unspecified atom stereocenters. The predicted octanol–water partition coefficient (Wildman–Crippen LogP) is 24.3. The molecule has 0 aromatic heterocycles. The van der Waals surface area contributed by atoms with Gasteiger partial charge in [-0.1, -0.05) is 303 Å². The summed E-state index contributed by atoms with van der Waals surface area (Å²) in [6.07, 6.45) is 98.1. The topological polar surface area (TPSA) is 78.9 Å². The van der Waals surface area contributed by atoms with E-state index < -0.39 is 6.10 Å². The Morgan fingerprint density at radius 1 is 0.253 bits per heavy atom. The van der Waals surface area contributed by atoms with E-state index in [9.17, 15) is 14.4 Å². The van der Waals surface area contributed by atoms with Crippen molar-refractivity contribution in [2.75, 3.05) is 13.2 Å². The van der Waals surface area contributed by atoms with Crippen molar-refractivity contribution in [1.29, 1.82) is 0 Å². The second-order valence-corrected chi connectivity index (χ2v) is 23.0. The molecule has 0 saturated carbocycles. The van der Waals surface area contributed by atoms with Crippen LogP contribution in [0, 0.1) is 0 Å². The highest BCUT2D eigenvalue weighted by Crippen LogP contribution is 2.17. The molecule has 0 aromatic carbocycles. The van der Waals surface area contributed by atoms with Crippen LogP contribution in [0.4, 0.5) is 0 Å². The van der Waals surface area contributed by atoms with Gasteiger partial charge in [0.2, 0.25) is 0 Å². The number of esters is 3. The number of hydrogen-bond acceptors (Lipinski definition) is 6. The van der Waals surface area contributed by atoms with E-state index in [1.165, 1.54) is 154 Å². The SMILES string of the molecule is CC/C=C\C/C=C\C/C=C\C/C=C\C/C=C\C/C=C\CCCCCCC(=O)OC(COC(=O)CCCCC/C=C\C/C=C\C/C=C\CC)COC(=O)CCCCCCCCCCCCCCCCCCC/C=C\CCCCCCCCCC. The summed E-state index contributed by atoms with van der Waals surface area (Å²) in [7, 11) is 0. The molecule has 0 bridgehead atoms. The fourth-order valence-electron chi connectivity index (χ4n) is 9.75. The van der Waals surface area contributed by atoms with Crippen molar-refractivity contribution in [2.24, 2.45) is 0 Å². The molecule has 0 amide bonds. The first-order valence-electron chi connectivity index (χ1n) is 35.0. The number of rotatable bonds is 63. The van der Waals surface area contributed by atoms with Gasteiger partial charge in [0.25, 0.3) is 0 Å². The van der Waals surface area contributed by atoms with Gasteiger partial charge in [-0.25, -0.2) is 0 Å². The quantitative estimate of drug-likeness (QED) is 0.0261. The minimum Gasteiger partial charge on any atom is -0.462 e. The third-order valence-corrected chi connectivity index (χ3v) is 14.9. The van der Waals surface area contributed by atoms with Gasteiger partial charge in [-0.2, -0.15) is 0 Å². The van der Waals surface area contributed by atoms with E-state index in [2.05, 4.69) is 142 Å². The Labute approximate surface area is 513 Å². The van der Waals surface area contributed by atoms with Crippen LogP contribution in [0.15, 0.2) is 122 Å². The zero-order valence-corrected chi connectivity index (χ0v) is 54.4. The molecule has 474 valence electrons. The van der Waals surface area contributed by atoms with Crippen LogP contribution in [0.25, 0.3) is 0 Å². The minimum atomic E-state index is -0.808. The van der Waals surface area contributed by atoms with E-state index in [1.54, 1.807) is 0 Å². The summed E-state index contributed by atoms with van der Waals surface area (Å²) in [5, 5.41) is 0. The summed E-state index contributed by atoms with van der Waals surface area (Å²) < 4.78 is 16.9. The molecule has 0 fully saturated rings. The molecule has 0 aromatic rings. The first kappa shape index (κ1) is 78.8. The third-order valence-electron chi connectivity index (χ3n) is 14.9. The molecule has 0 aliphatic heterocycles. The summed E-state index contributed by atoms with van der Waals surface area (Å²) in [6, 6.07) is 0. The molecule has 6 heteroatoms. The first-order valence-corrected chi connectivity index (χ1v) is 35.0. The van der Waals surface area contributed by atoms with E-state index in [1.807, 2.05) is 0 Å². The average molecular weight is 1150 g/mol. The van der Waals surface area contributed by atoms with E-state index in [-0.39, 0.29) is 37.5 Å². The van der Waals surface area contributed by atoms with Gasteiger partial charge in [0, 0.05) is 19.3 Å². The van der Waals surface area contributed by atoms with Crippen molar-refractivity contribution in [3.63, 3.8) is 0 Å². The van der Waals surface area contributed by atoms with Crippen LogP contribution in [0.5, 0.6) is 0 Å². The number of carbonyl (C=O) groups is 3. The van der Waals surface area contributed by atoms with Crippen molar-refractivity contribution >= 4 is 17.9 Å². The Bertz CT molecular complexity index is 1700. The van der Waals surface area contributed by atoms with E-state index in [4.69, 9.17) is 14.2 Å². The van der Waals surface area contributed by atoms with Gasteiger partial charge >= 0.3 is 17.9 Å². The fourth-order valence-corrected chi connectivity index (χ4v) is 9.75. The molecular formula is C77H130O6. The Balaban J connectivity index is 4.31. The van der Waals surface area contributed by atoms with Crippen LogP contribution >= 0.6 is 0 Å². The number of allylic oxidation sites excluding steroid dienone is 20.